The van der Waals surface area contributed by atoms with Gasteiger partial charge in [-0.1, -0.05) is 0 Å². The van der Waals surface area contributed by atoms with E-state index in [2.05, 4.69) is 0 Å². The fourth-order valence-electron chi connectivity index (χ4n) is 2.14. The molecule has 18 heavy (non-hydrogen) atoms. The first-order valence-electron chi connectivity index (χ1n) is 5.70. The van der Waals surface area contributed by atoms with Gasteiger partial charge in [0.15, 0.2) is 11.5 Å². The topological polar surface area (TPSA) is 44.5 Å². The second-order valence-corrected chi connectivity index (χ2v) is 4.70. The summed E-state index contributed by atoms with van der Waals surface area (Å²) < 4.78 is 49.6. The second-order valence-electron chi connectivity index (χ2n) is 4.70. The van der Waals surface area contributed by atoms with Crippen molar-refractivity contribution < 1.29 is 22.6 Å². The Bertz CT molecular complexity index is 461. The van der Waals surface area contributed by atoms with Crippen LogP contribution in [0.2, 0.25) is 0 Å². The summed E-state index contributed by atoms with van der Waals surface area (Å²) >= 11 is 0. The molecule has 0 spiro atoms. The van der Waals surface area contributed by atoms with Crippen LogP contribution in [0.1, 0.15) is 24.0 Å². The molecule has 0 aromatic heterocycles. The minimum atomic E-state index is -4.43. The molecule has 0 amide bonds. The van der Waals surface area contributed by atoms with Crippen molar-refractivity contribution in [2.24, 2.45) is 5.73 Å². The van der Waals surface area contributed by atoms with Crippen LogP contribution in [-0.2, 0) is 11.7 Å². The van der Waals surface area contributed by atoms with E-state index < -0.39 is 17.3 Å². The fourth-order valence-corrected chi connectivity index (χ4v) is 2.14. The van der Waals surface area contributed by atoms with Gasteiger partial charge in [0.05, 0.1) is 5.56 Å². The number of ether oxygens (including phenoxy) is 2. The lowest BCUT2D eigenvalue weighted by Gasteiger charge is -2.24. The van der Waals surface area contributed by atoms with Crippen molar-refractivity contribution in [3.63, 3.8) is 0 Å². The number of hydrogen-bond donors (Lipinski definition) is 1. The normalized spacial score (nSPS) is 20.7. The number of alkyl halides is 3. The molecule has 0 atom stereocenters. The van der Waals surface area contributed by atoms with Crippen LogP contribution in [0, 0.1) is 0 Å². The van der Waals surface area contributed by atoms with Crippen LogP contribution in [0.25, 0.3) is 0 Å². The third-order valence-electron chi connectivity index (χ3n) is 3.31. The number of fused-ring (bicyclic) bond motifs is 1. The summed E-state index contributed by atoms with van der Waals surface area (Å²) in [7, 11) is 0. The van der Waals surface area contributed by atoms with Crippen molar-refractivity contribution >= 4 is 0 Å². The van der Waals surface area contributed by atoms with E-state index in [1.165, 1.54) is 6.07 Å². The lowest BCUT2D eigenvalue weighted by molar-refractivity contribution is -0.138. The largest absolute Gasteiger partial charge is 0.486 e. The first-order valence-corrected chi connectivity index (χ1v) is 5.70. The molecule has 1 aliphatic heterocycles. The third-order valence-corrected chi connectivity index (χ3v) is 3.31. The highest BCUT2D eigenvalue weighted by Gasteiger charge is 2.47. The molecule has 2 N–H and O–H groups in total. The van der Waals surface area contributed by atoms with Gasteiger partial charge in [-0.2, -0.15) is 13.2 Å². The minimum Gasteiger partial charge on any atom is -0.486 e. The highest BCUT2D eigenvalue weighted by molar-refractivity contribution is 5.52. The van der Waals surface area contributed by atoms with Gasteiger partial charge in [0.25, 0.3) is 0 Å². The lowest BCUT2D eigenvalue weighted by atomic mass is 9.97. The Kier molecular flexibility index (Phi) is 2.29. The summed E-state index contributed by atoms with van der Waals surface area (Å²) in [6.07, 6.45) is -3.30. The molecule has 1 aromatic carbocycles. The maximum absolute atomic E-state index is 13.0. The third kappa shape index (κ3) is 1.80. The lowest BCUT2D eigenvalue weighted by Crippen LogP contribution is -2.25. The van der Waals surface area contributed by atoms with Crippen LogP contribution in [-0.4, -0.2) is 13.2 Å². The van der Waals surface area contributed by atoms with Gasteiger partial charge in [-0.3, -0.25) is 0 Å². The number of nitrogens with two attached hydrogens (primary N) is 1. The molecule has 1 aliphatic carbocycles. The first-order chi connectivity index (χ1) is 8.40. The van der Waals surface area contributed by atoms with E-state index in [4.69, 9.17) is 15.2 Å². The van der Waals surface area contributed by atoms with Gasteiger partial charge in [0, 0.05) is 5.54 Å². The second kappa shape index (κ2) is 3.54. The van der Waals surface area contributed by atoms with Crippen LogP contribution in [0.5, 0.6) is 11.5 Å². The van der Waals surface area contributed by atoms with E-state index in [-0.39, 0.29) is 17.9 Å². The van der Waals surface area contributed by atoms with Gasteiger partial charge < -0.3 is 15.2 Å². The van der Waals surface area contributed by atoms with Gasteiger partial charge in [-0.25, -0.2) is 0 Å². The smallest absolute Gasteiger partial charge is 0.416 e. The maximum atomic E-state index is 13.0. The summed E-state index contributed by atoms with van der Waals surface area (Å²) in [5, 5.41) is 0. The Morgan fingerprint density at radius 2 is 1.61 bits per heavy atom. The van der Waals surface area contributed by atoms with Crippen LogP contribution in [0.15, 0.2) is 12.1 Å². The molecule has 1 heterocycles. The SMILES string of the molecule is NC1(c2cc3c(cc2C(F)(F)F)OCCO3)CC1. The van der Waals surface area contributed by atoms with E-state index in [0.29, 0.717) is 25.2 Å². The molecule has 6 heteroatoms. The van der Waals surface area contributed by atoms with Gasteiger partial charge in [0.2, 0.25) is 0 Å². The van der Waals surface area contributed by atoms with E-state index in [1.54, 1.807) is 0 Å². The van der Waals surface area contributed by atoms with Crippen LogP contribution >= 0.6 is 0 Å². The predicted molar refractivity (Wildman–Crippen MR) is 57.5 cm³/mol. The van der Waals surface area contributed by atoms with Crippen molar-refractivity contribution in [3.8, 4) is 11.5 Å². The van der Waals surface area contributed by atoms with Crippen molar-refractivity contribution in [2.45, 2.75) is 24.6 Å². The molecular weight excluding hydrogens is 247 g/mol. The van der Waals surface area contributed by atoms with E-state index >= 15 is 0 Å². The monoisotopic (exact) mass is 259 g/mol. The van der Waals surface area contributed by atoms with Crippen LogP contribution < -0.4 is 15.2 Å². The minimum absolute atomic E-state index is 0.110. The number of benzene rings is 1. The molecule has 98 valence electrons. The standard InChI is InChI=1S/C12H12F3NO2/c13-12(14,15)8-6-10-9(17-3-4-18-10)5-7(8)11(16)1-2-11/h5-6H,1-4,16H2. The summed E-state index contributed by atoms with van der Waals surface area (Å²) in [6.45, 7) is 0.604. The number of hydrogen-bond acceptors (Lipinski definition) is 3. The molecule has 1 saturated carbocycles. The molecule has 1 aromatic rings. The quantitative estimate of drug-likeness (QED) is 0.842. The molecule has 3 nitrogen and oxygen atoms in total. The average molecular weight is 259 g/mol. The van der Waals surface area contributed by atoms with E-state index in [0.717, 1.165) is 6.07 Å². The molecule has 0 unspecified atom stereocenters. The van der Waals surface area contributed by atoms with Crippen molar-refractivity contribution in [2.75, 3.05) is 13.2 Å². The molecule has 1 fully saturated rings. The van der Waals surface area contributed by atoms with Gasteiger partial charge >= 0.3 is 6.18 Å². The van der Waals surface area contributed by atoms with Crippen LogP contribution in [0.4, 0.5) is 13.2 Å². The predicted octanol–water partition coefficient (Wildman–Crippen LogP) is 2.42. The summed E-state index contributed by atoms with van der Waals surface area (Å²) in [4.78, 5) is 0. The van der Waals surface area contributed by atoms with Crippen molar-refractivity contribution in [3.05, 3.63) is 23.3 Å². The van der Waals surface area contributed by atoms with Gasteiger partial charge in [-0.15, -0.1) is 0 Å². The Morgan fingerprint density at radius 1 is 1.06 bits per heavy atom. The molecule has 0 saturated heterocycles. The van der Waals surface area contributed by atoms with Crippen molar-refractivity contribution in [1.29, 1.82) is 0 Å². The van der Waals surface area contributed by atoms with Crippen LogP contribution in [0.3, 0.4) is 0 Å². The molecular formula is C12H12F3NO2. The Hall–Kier alpha value is -1.43. The molecule has 3 rings (SSSR count). The molecule has 0 radical (unpaired) electrons. The van der Waals surface area contributed by atoms with E-state index in [9.17, 15) is 13.2 Å². The van der Waals surface area contributed by atoms with Gasteiger partial charge in [0.1, 0.15) is 13.2 Å². The number of rotatable bonds is 1. The maximum Gasteiger partial charge on any atom is 0.416 e. The van der Waals surface area contributed by atoms with Gasteiger partial charge in [-0.05, 0) is 30.5 Å². The zero-order chi connectivity index (χ0) is 13.0. The Labute approximate surface area is 102 Å². The average Bonchev–Trinajstić information content (AvgIpc) is 3.06. The fraction of sp³-hybridized carbons (Fsp3) is 0.500. The highest BCUT2D eigenvalue weighted by atomic mass is 19.4. The Morgan fingerprint density at radius 3 is 2.11 bits per heavy atom. The highest BCUT2D eigenvalue weighted by Crippen LogP contribution is 2.50. The molecule has 2 aliphatic rings. The first kappa shape index (κ1) is 11.6. The summed E-state index contributed by atoms with van der Waals surface area (Å²) in [6, 6.07) is 2.38. The van der Waals surface area contributed by atoms with Crippen molar-refractivity contribution in [1.82, 2.24) is 0 Å². The zero-order valence-electron chi connectivity index (χ0n) is 9.51. The summed E-state index contributed by atoms with van der Waals surface area (Å²) in [5.74, 6) is 0.488. The number of halogens is 3. The zero-order valence-corrected chi connectivity index (χ0v) is 9.51. The molecule has 0 bridgehead atoms. The van der Waals surface area contributed by atoms with E-state index in [1.807, 2.05) is 0 Å². The Balaban J connectivity index is 2.16. The summed E-state index contributed by atoms with van der Waals surface area (Å²) in [5.41, 5.74) is 4.44.